The highest BCUT2D eigenvalue weighted by atomic mass is 35.5. The quantitative estimate of drug-likeness (QED) is 0.856. The summed E-state index contributed by atoms with van der Waals surface area (Å²) in [6.07, 6.45) is 2.67. The molecule has 0 atom stereocenters. The van der Waals surface area contributed by atoms with Crippen LogP contribution in [0.15, 0.2) is 27.9 Å². The summed E-state index contributed by atoms with van der Waals surface area (Å²) in [6, 6.07) is 3.22. The van der Waals surface area contributed by atoms with Gasteiger partial charge in [-0.25, -0.2) is 14.3 Å². The summed E-state index contributed by atoms with van der Waals surface area (Å²) >= 11 is 5.93. The number of aromatic nitrogens is 3. The number of aromatic amines is 1. The molecule has 21 heavy (non-hydrogen) atoms. The van der Waals surface area contributed by atoms with Crippen molar-refractivity contribution in [3.8, 4) is 11.6 Å². The van der Waals surface area contributed by atoms with Crippen molar-refractivity contribution < 1.29 is 4.74 Å². The van der Waals surface area contributed by atoms with Crippen LogP contribution in [0, 0.1) is 0 Å². The van der Waals surface area contributed by atoms with Crippen LogP contribution in [0.1, 0.15) is 25.8 Å². The Balaban J connectivity index is 2.55. The topological polar surface area (TPSA) is 77.0 Å². The van der Waals surface area contributed by atoms with Crippen molar-refractivity contribution in [1.82, 2.24) is 14.5 Å². The lowest BCUT2D eigenvalue weighted by Crippen LogP contribution is -2.36. The summed E-state index contributed by atoms with van der Waals surface area (Å²) in [5.74, 6) is 0.438. The van der Waals surface area contributed by atoms with Gasteiger partial charge in [0.15, 0.2) is 0 Å². The first-order valence-corrected chi connectivity index (χ1v) is 7.09. The highest BCUT2D eigenvalue weighted by molar-refractivity contribution is 6.30. The van der Waals surface area contributed by atoms with Gasteiger partial charge in [-0.15, -0.1) is 0 Å². The molecule has 0 saturated heterocycles. The fraction of sp³-hybridized carbons (Fsp3) is 0.357. The fourth-order valence-corrected chi connectivity index (χ4v) is 2.24. The maximum absolute atomic E-state index is 12.4. The third-order valence-corrected chi connectivity index (χ3v) is 3.24. The molecule has 0 bridgehead atoms. The summed E-state index contributed by atoms with van der Waals surface area (Å²) in [5, 5.41) is 0.0991. The van der Waals surface area contributed by atoms with Gasteiger partial charge in [0.1, 0.15) is 5.15 Å². The van der Waals surface area contributed by atoms with E-state index in [9.17, 15) is 9.59 Å². The van der Waals surface area contributed by atoms with Gasteiger partial charge in [0.2, 0.25) is 5.88 Å². The van der Waals surface area contributed by atoms with E-state index in [4.69, 9.17) is 16.3 Å². The van der Waals surface area contributed by atoms with Crippen molar-refractivity contribution in [2.24, 2.45) is 0 Å². The van der Waals surface area contributed by atoms with Crippen LogP contribution in [0.25, 0.3) is 5.69 Å². The Kier molecular flexibility index (Phi) is 4.80. The van der Waals surface area contributed by atoms with E-state index in [1.54, 1.807) is 12.1 Å². The Morgan fingerprint density at radius 1 is 1.33 bits per heavy atom. The molecule has 2 aromatic rings. The highest BCUT2D eigenvalue weighted by Crippen LogP contribution is 2.12. The molecular formula is C14H16ClN3O3. The molecule has 112 valence electrons. The van der Waals surface area contributed by atoms with Crippen LogP contribution in [0.2, 0.25) is 5.15 Å². The van der Waals surface area contributed by atoms with Crippen LogP contribution >= 0.6 is 11.6 Å². The minimum atomic E-state index is -0.587. The Morgan fingerprint density at radius 3 is 2.67 bits per heavy atom. The molecule has 2 aromatic heterocycles. The highest BCUT2D eigenvalue weighted by Gasteiger charge is 2.13. The second-order valence-corrected chi connectivity index (χ2v) is 4.78. The zero-order chi connectivity index (χ0) is 15.4. The summed E-state index contributed by atoms with van der Waals surface area (Å²) < 4.78 is 6.26. The van der Waals surface area contributed by atoms with E-state index in [0.717, 1.165) is 11.0 Å². The molecule has 0 unspecified atom stereocenters. The SMILES string of the molecule is CCCc1c(Cl)[nH]c(=O)n(-c2ccc(OCC)nc2)c1=O. The van der Waals surface area contributed by atoms with Gasteiger partial charge in [-0.2, -0.15) is 0 Å². The minimum absolute atomic E-state index is 0.0991. The predicted octanol–water partition coefficient (Wildman–Crippen LogP) is 1.93. The van der Waals surface area contributed by atoms with Crippen molar-refractivity contribution >= 4 is 11.6 Å². The number of rotatable bonds is 5. The summed E-state index contributed by atoms with van der Waals surface area (Å²) in [6.45, 7) is 4.28. The first-order valence-electron chi connectivity index (χ1n) is 6.71. The average Bonchev–Trinajstić information content (AvgIpc) is 2.45. The van der Waals surface area contributed by atoms with Gasteiger partial charge >= 0.3 is 5.69 Å². The number of halogens is 1. The van der Waals surface area contributed by atoms with Gasteiger partial charge < -0.3 is 4.74 Å². The summed E-state index contributed by atoms with van der Waals surface area (Å²) in [5.41, 5.74) is -0.237. The Morgan fingerprint density at radius 2 is 2.10 bits per heavy atom. The molecule has 0 amide bonds. The standard InChI is InChI=1S/C14H16ClN3O3/c1-3-5-10-12(15)17-14(20)18(13(10)19)9-6-7-11(16-8-9)21-4-2/h6-8H,3-5H2,1-2H3,(H,17,20). The molecule has 2 heterocycles. The number of hydrogen-bond acceptors (Lipinski definition) is 4. The van der Waals surface area contributed by atoms with Crippen molar-refractivity contribution in [1.29, 1.82) is 0 Å². The van der Waals surface area contributed by atoms with Crippen molar-refractivity contribution in [3.05, 3.63) is 49.9 Å². The molecule has 0 fully saturated rings. The largest absolute Gasteiger partial charge is 0.478 e. The molecule has 0 aliphatic carbocycles. The molecule has 6 nitrogen and oxygen atoms in total. The minimum Gasteiger partial charge on any atom is -0.478 e. The molecule has 0 aliphatic heterocycles. The molecule has 0 spiro atoms. The van der Waals surface area contributed by atoms with E-state index in [-0.39, 0.29) is 5.15 Å². The van der Waals surface area contributed by atoms with Crippen LogP contribution in [0.4, 0.5) is 0 Å². The lowest BCUT2D eigenvalue weighted by Gasteiger charge is -2.09. The van der Waals surface area contributed by atoms with Gasteiger partial charge in [-0.3, -0.25) is 9.78 Å². The predicted molar refractivity (Wildman–Crippen MR) is 80.6 cm³/mol. The molecular weight excluding hydrogens is 294 g/mol. The number of hydrogen-bond donors (Lipinski definition) is 1. The Labute approximate surface area is 126 Å². The van der Waals surface area contributed by atoms with Crippen LogP contribution < -0.4 is 16.0 Å². The Bertz CT molecular complexity index is 735. The third kappa shape index (κ3) is 3.16. The second kappa shape index (κ2) is 6.58. The van der Waals surface area contributed by atoms with Crippen molar-refractivity contribution in [2.45, 2.75) is 26.7 Å². The number of pyridine rings is 1. The second-order valence-electron chi connectivity index (χ2n) is 4.40. The lowest BCUT2D eigenvalue weighted by molar-refractivity contribution is 0.327. The van der Waals surface area contributed by atoms with E-state index in [1.807, 2.05) is 13.8 Å². The third-order valence-electron chi connectivity index (χ3n) is 2.92. The first-order chi connectivity index (χ1) is 10.1. The monoisotopic (exact) mass is 309 g/mol. The summed E-state index contributed by atoms with van der Waals surface area (Å²) in [7, 11) is 0. The van der Waals surface area contributed by atoms with E-state index < -0.39 is 11.2 Å². The van der Waals surface area contributed by atoms with Crippen LogP contribution in [-0.4, -0.2) is 21.1 Å². The van der Waals surface area contributed by atoms with Gasteiger partial charge in [0.05, 0.1) is 24.1 Å². The molecule has 0 saturated carbocycles. The molecule has 1 N–H and O–H groups in total. The fourth-order valence-electron chi connectivity index (χ4n) is 1.99. The zero-order valence-corrected chi connectivity index (χ0v) is 12.6. The zero-order valence-electron chi connectivity index (χ0n) is 11.9. The number of H-pyrrole nitrogens is 1. The van der Waals surface area contributed by atoms with Gasteiger partial charge in [-0.05, 0) is 19.4 Å². The number of nitrogens with one attached hydrogen (secondary N) is 1. The molecule has 7 heteroatoms. The molecule has 0 radical (unpaired) electrons. The van der Waals surface area contributed by atoms with E-state index in [2.05, 4.69) is 9.97 Å². The maximum Gasteiger partial charge on any atom is 0.334 e. The van der Waals surface area contributed by atoms with Crippen molar-refractivity contribution in [3.63, 3.8) is 0 Å². The van der Waals surface area contributed by atoms with Gasteiger partial charge in [-0.1, -0.05) is 24.9 Å². The van der Waals surface area contributed by atoms with Crippen LogP contribution in [0.3, 0.4) is 0 Å². The van der Waals surface area contributed by atoms with E-state index in [0.29, 0.717) is 30.2 Å². The smallest absolute Gasteiger partial charge is 0.334 e. The average molecular weight is 310 g/mol. The lowest BCUT2D eigenvalue weighted by atomic mass is 10.2. The van der Waals surface area contributed by atoms with Gasteiger partial charge in [0, 0.05) is 6.07 Å². The molecule has 2 rings (SSSR count). The number of ether oxygens (including phenoxy) is 1. The first kappa shape index (κ1) is 15.3. The maximum atomic E-state index is 12.4. The number of nitrogens with zero attached hydrogens (tertiary/aromatic N) is 2. The normalized spacial score (nSPS) is 10.6. The van der Waals surface area contributed by atoms with Crippen LogP contribution in [0.5, 0.6) is 5.88 Å². The molecule has 0 aliphatic rings. The van der Waals surface area contributed by atoms with Crippen LogP contribution in [-0.2, 0) is 6.42 Å². The molecule has 0 aromatic carbocycles. The summed E-state index contributed by atoms with van der Waals surface area (Å²) in [4.78, 5) is 30.9. The van der Waals surface area contributed by atoms with E-state index >= 15 is 0 Å². The Hall–Kier alpha value is -2.08. The van der Waals surface area contributed by atoms with E-state index in [1.165, 1.54) is 6.20 Å². The van der Waals surface area contributed by atoms with Gasteiger partial charge in [0.25, 0.3) is 5.56 Å². The van der Waals surface area contributed by atoms with Crippen molar-refractivity contribution in [2.75, 3.05) is 6.61 Å².